The van der Waals surface area contributed by atoms with Crippen LogP contribution in [0, 0.1) is 0 Å². The van der Waals surface area contributed by atoms with E-state index in [1.54, 1.807) is 0 Å². The molecule has 0 unspecified atom stereocenters. The van der Waals surface area contributed by atoms with Gasteiger partial charge in [0, 0.05) is 11.3 Å². The molecule has 3 rings (SSSR count). The number of carbonyl (C=O) groups is 1. The summed E-state index contributed by atoms with van der Waals surface area (Å²) >= 11 is 6.00. The second-order valence-corrected chi connectivity index (χ2v) is 5.13. The van der Waals surface area contributed by atoms with Crippen LogP contribution in [0.1, 0.15) is 10.4 Å². The van der Waals surface area contributed by atoms with E-state index in [1.807, 2.05) is 0 Å². The van der Waals surface area contributed by atoms with E-state index < -0.39 is 12.3 Å². The van der Waals surface area contributed by atoms with Crippen LogP contribution in [0.4, 0.5) is 18.9 Å². The fourth-order valence-electron chi connectivity index (χ4n) is 2.04. The fourth-order valence-corrected chi connectivity index (χ4v) is 2.31. The van der Waals surface area contributed by atoms with Crippen molar-refractivity contribution in [3.8, 4) is 17.2 Å². The number of fused-ring (bicyclic) bond motifs is 1. The second-order valence-electron chi connectivity index (χ2n) is 4.72. The monoisotopic (exact) mass is 359 g/mol. The maximum atomic E-state index is 12.2. The third-order valence-corrected chi connectivity index (χ3v) is 3.32. The largest absolute Gasteiger partial charge is 0.573 e. The van der Waals surface area contributed by atoms with E-state index in [0.717, 1.165) is 12.1 Å². The van der Waals surface area contributed by atoms with Gasteiger partial charge in [-0.15, -0.1) is 13.2 Å². The standard InChI is InChI=1S/C15H9ClF3NO4/c16-11-5-8(6-12-13(11)23-7-22-12)14(21)20-9-1-3-10(4-2-9)24-15(17,18)19/h1-6H,7H2,(H,20,21). The van der Waals surface area contributed by atoms with Gasteiger partial charge < -0.3 is 19.5 Å². The Kier molecular flexibility index (Phi) is 4.15. The number of alkyl halides is 3. The normalized spacial score (nSPS) is 12.8. The molecule has 0 fully saturated rings. The maximum absolute atomic E-state index is 12.2. The highest BCUT2D eigenvalue weighted by Crippen LogP contribution is 2.39. The van der Waals surface area contributed by atoms with Gasteiger partial charge in [-0.2, -0.15) is 0 Å². The second kappa shape index (κ2) is 6.12. The highest BCUT2D eigenvalue weighted by atomic mass is 35.5. The molecule has 1 N–H and O–H groups in total. The van der Waals surface area contributed by atoms with Crippen molar-refractivity contribution in [2.24, 2.45) is 0 Å². The Hall–Kier alpha value is -2.61. The first-order valence-corrected chi connectivity index (χ1v) is 6.96. The Morgan fingerprint density at radius 1 is 1.17 bits per heavy atom. The SMILES string of the molecule is O=C(Nc1ccc(OC(F)(F)F)cc1)c1cc(Cl)c2c(c1)OCO2. The molecule has 0 aromatic heterocycles. The predicted octanol–water partition coefficient (Wildman–Crippen LogP) is 4.22. The van der Waals surface area contributed by atoms with Gasteiger partial charge in [0.1, 0.15) is 5.75 Å². The lowest BCUT2D eigenvalue weighted by Crippen LogP contribution is -2.17. The molecule has 1 amide bonds. The van der Waals surface area contributed by atoms with Gasteiger partial charge >= 0.3 is 6.36 Å². The average Bonchev–Trinajstić information content (AvgIpc) is 2.97. The van der Waals surface area contributed by atoms with Crippen LogP contribution in [0.15, 0.2) is 36.4 Å². The number of hydrogen-bond acceptors (Lipinski definition) is 4. The van der Waals surface area contributed by atoms with Crippen LogP contribution in [0.2, 0.25) is 5.02 Å². The number of amides is 1. The number of ether oxygens (including phenoxy) is 3. The molecule has 1 heterocycles. The van der Waals surface area contributed by atoms with E-state index in [2.05, 4.69) is 10.1 Å². The smallest absolute Gasteiger partial charge is 0.454 e. The minimum absolute atomic E-state index is 0.0147. The third kappa shape index (κ3) is 3.65. The first-order valence-electron chi connectivity index (χ1n) is 6.58. The van der Waals surface area contributed by atoms with Crippen LogP contribution in [0.25, 0.3) is 0 Å². The highest BCUT2D eigenvalue weighted by Gasteiger charge is 2.31. The number of carbonyl (C=O) groups excluding carboxylic acids is 1. The number of hydrogen-bond donors (Lipinski definition) is 1. The quantitative estimate of drug-likeness (QED) is 0.891. The lowest BCUT2D eigenvalue weighted by molar-refractivity contribution is -0.274. The molecule has 126 valence electrons. The van der Waals surface area contributed by atoms with Crippen LogP contribution in [-0.2, 0) is 0 Å². The number of nitrogens with one attached hydrogen (secondary N) is 1. The molecule has 2 aromatic carbocycles. The van der Waals surface area contributed by atoms with Crippen LogP contribution in [-0.4, -0.2) is 19.1 Å². The van der Waals surface area contributed by atoms with E-state index in [9.17, 15) is 18.0 Å². The van der Waals surface area contributed by atoms with Crippen molar-refractivity contribution >= 4 is 23.2 Å². The van der Waals surface area contributed by atoms with Crippen LogP contribution >= 0.6 is 11.6 Å². The summed E-state index contributed by atoms with van der Waals surface area (Å²) in [4.78, 5) is 12.2. The minimum Gasteiger partial charge on any atom is -0.454 e. The van der Waals surface area contributed by atoms with Crippen LogP contribution < -0.4 is 19.5 Å². The van der Waals surface area contributed by atoms with Gasteiger partial charge in [-0.25, -0.2) is 0 Å². The zero-order valence-corrected chi connectivity index (χ0v) is 12.6. The Labute approximate surface area is 138 Å². The summed E-state index contributed by atoms with van der Waals surface area (Å²) in [5.41, 5.74) is 0.517. The van der Waals surface area contributed by atoms with Gasteiger partial charge in [0.05, 0.1) is 5.02 Å². The number of anilines is 1. The van der Waals surface area contributed by atoms with Crippen molar-refractivity contribution < 1.29 is 32.2 Å². The molecule has 0 aliphatic carbocycles. The fraction of sp³-hybridized carbons (Fsp3) is 0.133. The molecule has 0 radical (unpaired) electrons. The number of benzene rings is 2. The zero-order chi connectivity index (χ0) is 17.3. The molecular formula is C15H9ClF3NO4. The molecule has 0 saturated heterocycles. The van der Waals surface area contributed by atoms with Crippen molar-refractivity contribution in [3.63, 3.8) is 0 Å². The summed E-state index contributed by atoms with van der Waals surface area (Å²) in [6.07, 6.45) is -4.77. The van der Waals surface area contributed by atoms with Crippen molar-refractivity contribution in [1.82, 2.24) is 0 Å². The topological polar surface area (TPSA) is 56.8 Å². The lowest BCUT2D eigenvalue weighted by atomic mass is 10.2. The van der Waals surface area contributed by atoms with Crippen molar-refractivity contribution in [1.29, 1.82) is 0 Å². The third-order valence-electron chi connectivity index (χ3n) is 3.04. The minimum atomic E-state index is -4.77. The van der Waals surface area contributed by atoms with Crippen LogP contribution in [0.3, 0.4) is 0 Å². The summed E-state index contributed by atoms with van der Waals surface area (Å²) in [5.74, 6) is -0.172. The number of rotatable bonds is 3. The van der Waals surface area contributed by atoms with Crippen molar-refractivity contribution in [3.05, 3.63) is 47.0 Å². The lowest BCUT2D eigenvalue weighted by Gasteiger charge is -2.10. The van der Waals surface area contributed by atoms with Gasteiger partial charge in [-0.1, -0.05) is 11.6 Å². The van der Waals surface area contributed by atoms with Gasteiger partial charge in [-0.05, 0) is 36.4 Å². The van der Waals surface area contributed by atoms with Gasteiger partial charge in [-0.3, -0.25) is 4.79 Å². The molecule has 1 aliphatic rings. The molecule has 2 aromatic rings. The van der Waals surface area contributed by atoms with Crippen molar-refractivity contribution in [2.75, 3.05) is 12.1 Å². The average molecular weight is 360 g/mol. The zero-order valence-electron chi connectivity index (χ0n) is 11.8. The van der Waals surface area contributed by atoms with E-state index in [1.165, 1.54) is 24.3 Å². The summed E-state index contributed by atoms with van der Waals surface area (Å²) < 4.78 is 50.3. The Bertz CT molecular complexity index is 778. The molecule has 0 spiro atoms. The highest BCUT2D eigenvalue weighted by molar-refractivity contribution is 6.32. The molecule has 0 saturated carbocycles. The molecule has 1 aliphatic heterocycles. The maximum Gasteiger partial charge on any atom is 0.573 e. The predicted molar refractivity (Wildman–Crippen MR) is 78.7 cm³/mol. The first kappa shape index (κ1) is 16.3. The van der Waals surface area contributed by atoms with Gasteiger partial charge in [0.15, 0.2) is 11.5 Å². The Balaban J connectivity index is 1.72. The summed E-state index contributed by atoms with van der Waals surface area (Å²) in [7, 11) is 0. The van der Waals surface area contributed by atoms with Crippen molar-refractivity contribution in [2.45, 2.75) is 6.36 Å². The molecule has 24 heavy (non-hydrogen) atoms. The summed E-state index contributed by atoms with van der Waals surface area (Å²) in [5, 5.41) is 2.76. The molecular weight excluding hydrogens is 351 g/mol. The van der Waals surface area contributed by atoms with E-state index >= 15 is 0 Å². The Morgan fingerprint density at radius 2 is 1.88 bits per heavy atom. The Morgan fingerprint density at radius 3 is 2.54 bits per heavy atom. The molecule has 5 nitrogen and oxygen atoms in total. The number of halogens is 4. The molecule has 9 heteroatoms. The van der Waals surface area contributed by atoms with Gasteiger partial charge in [0.25, 0.3) is 5.91 Å². The van der Waals surface area contributed by atoms with E-state index in [0.29, 0.717) is 17.2 Å². The molecule has 0 bridgehead atoms. The summed E-state index contributed by atoms with van der Waals surface area (Å²) in [6.45, 7) is 0.0147. The van der Waals surface area contributed by atoms with E-state index in [4.69, 9.17) is 21.1 Å². The first-order chi connectivity index (χ1) is 11.3. The van der Waals surface area contributed by atoms with Gasteiger partial charge in [0.2, 0.25) is 6.79 Å². The summed E-state index contributed by atoms with van der Waals surface area (Å²) in [6, 6.07) is 7.63. The molecule has 0 atom stereocenters. The van der Waals surface area contributed by atoms with E-state index in [-0.39, 0.29) is 23.1 Å². The van der Waals surface area contributed by atoms with Crippen LogP contribution in [0.5, 0.6) is 17.2 Å².